The van der Waals surface area contributed by atoms with Crippen LogP contribution in [0.3, 0.4) is 0 Å². The minimum Gasteiger partial charge on any atom is -0.375 e. The summed E-state index contributed by atoms with van der Waals surface area (Å²) in [5, 5.41) is 0. The Morgan fingerprint density at radius 3 is 2.68 bits per heavy atom. The summed E-state index contributed by atoms with van der Waals surface area (Å²) in [7, 11) is 0. The van der Waals surface area contributed by atoms with E-state index in [2.05, 4.69) is 52.1 Å². The average Bonchev–Trinajstić information content (AvgIpc) is 2.42. The highest BCUT2D eigenvalue weighted by Gasteiger charge is 2.05. The number of rotatable bonds is 6. The molecule has 0 aliphatic heterocycles. The van der Waals surface area contributed by atoms with Crippen LogP contribution in [0.1, 0.15) is 18.2 Å². The van der Waals surface area contributed by atoms with E-state index in [1.54, 1.807) is 6.20 Å². The second-order valence-corrected chi connectivity index (χ2v) is 5.60. The molecule has 0 aliphatic carbocycles. The first-order valence-corrected chi connectivity index (χ1v) is 7.26. The van der Waals surface area contributed by atoms with Gasteiger partial charge in [0, 0.05) is 17.3 Å². The van der Waals surface area contributed by atoms with Crippen molar-refractivity contribution in [1.29, 1.82) is 0 Å². The first kappa shape index (κ1) is 14.2. The zero-order valence-corrected chi connectivity index (χ0v) is 12.6. The number of nitrogens with zero attached hydrogens (tertiary/aromatic N) is 1. The molecule has 0 bridgehead atoms. The zero-order valence-electron chi connectivity index (χ0n) is 11.1. The molecule has 1 atom stereocenters. The van der Waals surface area contributed by atoms with Crippen LogP contribution in [-0.2, 0) is 17.8 Å². The third-order valence-electron chi connectivity index (χ3n) is 2.90. The standard InChI is InChI=1S/C16H18BrNO/c1-13(10-14-6-3-2-4-7-14)11-19-12-16-15(17)8-5-9-18-16/h2-9,13H,10-12H2,1H3/t13-/m1/s1. The lowest BCUT2D eigenvalue weighted by Gasteiger charge is -2.12. The van der Waals surface area contributed by atoms with Gasteiger partial charge in [-0.15, -0.1) is 0 Å². The Balaban J connectivity index is 1.75. The summed E-state index contributed by atoms with van der Waals surface area (Å²) >= 11 is 3.47. The maximum absolute atomic E-state index is 5.74. The highest BCUT2D eigenvalue weighted by Crippen LogP contribution is 2.15. The van der Waals surface area contributed by atoms with Crippen LogP contribution in [0.5, 0.6) is 0 Å². The number of hydrogen-bond donors (Lipinski definition) is 0. The molecular formula is C16H18BrNO. The predicted molar refractivity (Wildman–Crippen MR) is 80.9 cm³/mol. The van der Waals surface area contributed by atoms with Crippen molar-refractivity contribution in [2.45, 2.75) is 20.0 Å². The fourth-order valence-corrected chi connectivity index (χ4v) is 2.33. The van der Waals surface area contributed by atoms with Gasteiger partial charge in [-0.25, -0.2) is 0 Å². The smallest absolute Gasteiger partial charge is 0.0899 e. The third kappa shape index (κ3) is 4.77. The monoisotopic (exact) mass is 319 g/mol. The molecule has 0 saturated heterocycles. The normalized spacial score (nSPS) is 12.3. The van der Waals surface area contributed by atoms with Crippen molar-refractivity contribution in [3.05, 3.63) is 64.4 Å². The first-order chi connectivity index (χ1) is 9.25. The van der Waals surface area contributed by atoms with Crippen LogP contribution in [0.2, 0.25) is 0 Å². The second kappa shape index (κ2) is 7.41. The van der Waals surface area contributed by atoms with Gasteiger partial charge < -0.3 is 4.74 Å². The molecule has 0 aliphatic rings. The number of halogens is 1. The third-order valence-corrected chi connectivity index (χ3v) is 3.62. The Morgan fingerprint density at radius 2 is 1.95 bits per heavy atom. The molecule has 0 unspecified atom stereocenters. The Hall–Kier alpha value is -1.19. The molecule has 1 aromatic carbocycles. The molecule has 2 rings (SSSR count). The lowest BCUT2D eigenvalue weighted by molar-refractivity contribution is 0.0896. The van der Waals surface area contributed by atoms with Crippen molar-refractivity contribution in [2.24, 2.45) is 5.92 Å². The molecule has 3 heteroatoms. The van der Waals surface area contributed by atoms with E-state index in [4.69, 9.17) is 4.74 Å². The van der Waals surface area contributed by atoms with Crippen LogP contribution < -0.4 is 0 Å². The SMILES string of the molecule is C[C@@H](COCc1ncccc1Br)Cc1ccccc1. The van der Waals surface area contributed by atoms with Crippen LogP contribution in [0, 0.1) is 5.92 Å². The van der Waals surface area contributed by atoms with Crippen molar-refractivity contribution >= 4 is 15.9 Å². The van der Waals surface area contributed by atoms with E-state index in [0.717, 1.165) is 23.2 Å². The van der Waals surface area contributed by atoms with E-state index in [-0.39, 0.29) is 0 Å². The van der Waals surface area contributed by atoms with Crippen molar-refractivity contribution < 1.29 is 4.74 Å². The molecule has 19 heavy (non-hydrogen) atoms. The molecule has 1 aromatic heterocycles. The second-order valence-electron chi connectivity index (χ2n) is 4.74. The number of benzene rings is 1. The van der Waals surface area contributed by atoms with Gasteiger partial charge in [-0.3, -0.25) is 4.98 Å². The van der Waals surface area contributed by atoms with Crippen LogP contribution in [0.15, 0.2) is 53.1 Å². The molecule has 0 radical (unpaired) electrons. The molecule has 0 saturated carbocycles. The molecule has 100 valence electrons. The summed E-state index contributed by atoms with van der Waals surface area (Å²) in [5.74, 6) is 0.505. The summed E-state index contributed by atoms with van der Waals surface area (Å²) < 4.78 is 6.75. The topological polar surface area (TPSA) is 22.1 Å². The summed E-state index contributed by atoms with van der Waals surface area (Å²) in [5.41, 5.74) is 2.31. The molecule has 0 spiro atoms. The fraction of sp³-hybridized carbons (Fsp3) is 0.312. The summed E-state index contributed by atoms with van der Waals surface area (Å²) in [4.78, 5) is 4.29. The van der Waals surface area contributed by atoms with E-state index in [0.29, 0.717) is 12.5 Å². The lowest BCUT2D eigenvalue weighted by atomic mass is 10.0. The Labute approximate surface area is 123 Å². The molecule has 1 heterocycles. The largest absolute Gasteiger partial charge is 0.375 e. The molecule has 0 fully saturated rings. The molecule has 2 aromatic rings. The van der Waals surface area contributed by atoms with Crippen molar-refractivity contribution in [3.8, 4) is 0 Å². The van der Waals surface area contributed by atoms with Gasteiger partial charge in [-0.2, -0.15) is 0 Å². The van der Waals surface area contributed by atoms with Gasteiger partial charge in [0.2, 0.25) is 0 Å². The fourth-order valence-electron chi connectivity index (χ4n) is 1.96. The van der Waals surface area contributed by atoms with Gasteiger partial charge in [0.05, 0.1) is 12.3 Å². The number of pyridine rings is 1. The van der Waals surface area contributed by atoms with Gasteiger partial charge in [0.25, 0.3) is 0 Å². The zero-order chi connectivity index (χ0) is 13.5. The van der Waals surface area contributed by atoms with Crippen LogP contribution in [-0.4, -0.2) is 11.6 Å². The van der Waals surface area contributed by atoms with Gasteiger partial charge in [-0.1, -0.05) is 37.3 Å². The minimum atomic E-state index is 0.505. The van der Waals surface area contributed by atoms with E-state index in [1.807, 2.05) is 18.2 Å². The maximum atomic E-state index is 5.74. The van der Waals surface area contributed by atoms with E-state index < -0.39 is 0 Å². The minimum absolute atomic E-state index is 0.505. The van der Waals surface area contributed by atoms with Crippen molar-refractivity contribution in [2.75, 3.05) is 6.61 Å². The molecule has 0 amide bonds. The Morgan fingerprint density at radius 1 is 1.16 bits per heavy atom. The molecule has 0 N–H and O–H groups in total. The van der Waals surface area contributed by atoms with E-state index >= 15 is 0 Å². The first-order valence-electron chi connectivity index (χ1n) is 6.47. The summed E-state index contributed by atoms with van der Waals surface area (Å²) in [6, 6.07) is 14.4. The van der Waals surface area contributed by atoms with Crippen molar-refractivity contribution in [1.82, 2.24) is 4.98 Å². The van der Waals surface area contributed by atoms with Crippen LogP contribution in [0.25, 0.3) is 0 Å². The molecule has 2 nitrogen and oxygen atoms in total. The maximum Gasteiger partial charge on any atom is 0.0899 e. The van der Waals surface area contributed by atoms with Gasteiger partial charge in [0.15, 0.2) is 0 Å². The average molecular weight is 320 g/mol. The van der Waals surface area contributed by atoms with E-state index in [9.17, 15) is 0 Å². The Kier molecular flexibility index (Phi) is 5.55. The number of aromatic nitrogens is 1. The number of ether oxygens (including phenoxy) is 1. The van der Waals surface area contributed by atoms with Gasteiger partial charge >= 0.3 is 0 Å². The highest BCUT2D eigenvalue weighted by atomic mass is 79.9. The van der Waals surface area contributed by atoms with Crippen LogP contribution >= 0.6 is 15.9 Å². The molecular weight excluding hydrogens is 302 g/mol. The Bertz CT molecular complexity index is 501. The van der Waals surface area contributed by atoms with Crippen LogP contribution in [0.4, 0.5) is 0 Å². The summed E-state index contributed by atoms with van der Waals surface area (Å²) in [6.45, 7) is 3.51. The quantitative estimate of drug-likeness (QED) is 0.794. The van der Waals surface area contributed by atoms with Gasteiger partial charge in [-0.05, 0) is 46.0 Å². The highest BCUT2D eigenvalue weighted by molar-refractivity contribution is 9.10. The summed E-state index contributed by atoms with van der Waals surface area (Å²) in [6.07, 6.45) is 2.83. The number of hydrogen-bond acceptors (Lipinski definition) is 2. The lowest BCUT2D eigenvalue weighted by Crippen LogP contribution is -2.09. The van der Waals surface area contributed by atoms with Gasteiger partial charge in [0.1, 0.15) is 0 Å². The van der Waals surface area contributed by atoms with E-state index in [1.165, 1.54) is 5.56 Å². The van der Waals surface area contributed by atoms with Crippen molar-refractivity contribution in [3.63, 3.8) is 0 Å². The predicted octanol–water partition coefficient (Wildman–Crippen LogP) is 4.24.